The first-order valence-corrected chi connectivity index (χ1v) is 9.07. The summed E-state index contributed by atoms with van der Waals surface area (Å²) in [5, 5.41) is 6.87. The van der Waals surface area contributed by atoms with E-state index in [-0.39, 0.29) is 17.7 Å². The van der Waals surface area contributed by atoms with Gasteiger partial charge in [-0.1, -0.05) is 13.8 Å². The molecule has 0 spiro atoms. The van der Waals surface area contributed by atoms with Crippen molar-refractivity contribution in [2.24, 2.45) is 5.92 Å². The molecule has 6 heteroatoms. The molecule has 25 heavy (non-hydrogen) atoms. The molecular formula is C19H24N2O3S. The molecule has 1 aromatic carbocycles. The van der Waals surface area contributed by atoms with Gasteiger partial charge in [0.2, 0.25) is 5.91 Å². The lowest BCUT2D eigenvalue weighted by atomic mass is 10.0. The monoisotopic (exact) mass is 360 g/mol. The molecule has 0 unspecified atom stereocenters. The maximum Gasteiger partial charge on any atom is 0.251 e. The Kier molecular flexibility index (Phi) is 6.58. The first-order chi connectivity index (χ1) is 11.9. The summed E-state index contributed by atoms with van der Waals surface area (Å²) in [4.78, 5) is 26.9. The molecule has 2 rings (SSSR count). The molecule has 0 saturated heterocycles. The van der Waals surface area contributed by atoms with Crippen molar-refractivity contribution in [2.45, 2.75) is 26.4 Å². The maximum atomic E-state index is 12.8. The number of nitrogens with zero attached hydrogens (tertiary/aromatic N) is 1. The molecule has 0 aliphatic rings. The molecule has 0 radical (unpaired) electrons. The van der Waals surface area contributed by atoms with Gasteiger partial charge >= 0.3 is 0 Å². The van der Waals surface area contributed by atoms with Crippen molar-refractivity contribution in [1.82, 2.24) is 10.2 Å². The average molecular weight is 360 g/mol. The fourth-order valence-corrected chi connectivity index (χ4v) is 3.11. The van der Waals surface area contributed by atoms with Crippen LogP contribution in [0.25, 0.3) is 0 Å². The van der Waals surface area contributed by atoms with Crippen LogP contribution in [0.5, 0.6) is 5.75 Å². The summed E-state index contributed by atoms with van der Waals surface area (Å²) in [6, 6.07) is 8.25. The van der Waals surface area contributed by atoms with Crippen molar-refractivity contribution in [3.63, 3.8) is 0 Å². The van der Waals surface area contributed by atoms with Gasteiger partial charge in [-0.15, -0.1) is 0 Å². The maximum absolute atomic E-state index is 12.8. The van der Waals surface area contributed by atoms with Crippen LogP contribution < -0.4 is 10.1 Å². The van der Waals surface area contributed by atoms with Gasteiger partial charge in [0.1, 0.15) is 11.8 Å². The Bertz CT molecular complexity index is 696. The minimum Gasteiger partial charge on any atom is -0.497 e. The summed E-state index contributed by atoms with van der Waals surface area (Å²) < 4.78 is 5.10. The topological polar surface area (TPSA) is 58.6 Å². The van der Waals surface area contributed by atoms with Crippen LogP contribution in [0, 0.1) is 5.92 Å². The highest BCUT2D eigenvalue weighted by Crippen LogP contribution is 2.14. The lowest BCUT2D eigenvalue weighted by Gasteiger charge is -2.27. The Morgan fingerprint density at radius 1 is 1.20 bits per heavy atom. The molecule has 0 aliphatic carbocycles. The van der Waals surface area contributed by atoms with E-state index in [0.717, 1.165) is 5.56 Å². The van der Waals surface area contributed by atoms with Crippen molar-refractivity contribution in [1.29, 1.82) is 0 Å². The van der Waals surface area contributed by atoms with E-state index in [4.69, 9.17) is 4.74 Å². The number of nitrogens with one attached hydrogen (secondary N) is 1. The minimum atomic E-state index is -0.571. The van der Waals surface area contributed by atoms with Crippen LogP contribution in [-0.2, 0) is 11.3 Å². The van der Waals surface area contributed by atoms with Crippen molar-refractivity contribution >= 4 is 23.2 Å². The predicted molar refractivity (Wildman–Crippen MR) is 99.9 cm³/mol. The third-order valence-corrected chi connectivity index (χ3v) is 4.68. The van der Waals surface area contributed by atoms with Crippen molar-refractivity contribution < 1.29 is 14.3 Å². The molecule has 2 amide bonds. The number of hydrogen-bond donors (Lipinski definition) is 1. The Morgan fingerprint density at radius 2 is 1.88 bits per heavy atom. The number of methoxy groups -OCH3 is 1. The van der Waals surface area contributed by atoms with Gasteiger partial charge in [-0.05, 0) is 52.6 Å². The summed E-state index contributed by atoms with van der Waals surface area (Å²) in [6.45, 7) is 4.38. The number of carbonyl (C=O) groups excluding carboxylic acids is 2. The highest BCUT2D eigenvalue weighted by atomic mass is 32.1. The van der Waals surface area contributed by atoms with E-state index in [1.54, 1.807) is 54.7 Å². The van der Waals surface area contributed by atoms with Crippen LogP contribution >= 0.6 is 11.3 Å². The molecule has 1 heterocycles. The van der Waals surface area contributed by atoms with E-state index in [0.29, 0.717) is 17.9 Å². The molecule has 1 N–H and O–H groups in total. The van der Waals surface area contributed by atoms with Gasteiger partial charge in [0.15, 0.2) is 0 Å². The van der Waals surface area contributed by atoms with Crippen molar-refractivity contribution in [3.8, 4) is 5.75 Å². The molecule has 0 bridgehead atoms. The van der Waals surface area contributed by atoms with Gasteiger partial charge in [-0.25, -0.2) is 0 Å². The van der Waals surface area contributed by atoms with E-state index in [2.05, 4.69) is 5.32 Å². The third-order valence-electron chi connectivity index (χ3n) is 3.95. The fraction of sp³-hybridized carbons (Fsp3) is 0.368. The fourth-order valence-electron chi connectivity index (χ4n) is 2.45. The second kappa shape index (κ2) is 8.67. The summed E-state index contributed by atoms with van der Waals surface area (Å²) in [5.41, 5.74) is 1.59. The number of amides is 2. The molecule has 0 fully saturated rings. The lowest BCUT2D eigenvalue weighted by molar-refractivity contribution is -0.133. The highest BCUT2D eigenvalue weighted by molar-refractivity contribution is 7.07. The largest absolute Gasteiger partial charge is 0.497 e. The number of thiophene rings is 1. The molecule has 0 saturated carbocycles. The van der Waals surface area contributed by atoms with Gasteiger partial charge in [0, 0.05) is 19.2 Å². The minimum absolute atomic E-state index is 0.0142. The molecule has 1 atom stereocenters. The highest BCUT2D eigenvalue weighted by Gasteiger charge is 2.27. The van der Waals surface area contributed by atoms with Gasteiger partial charge in [0.25, 0.3) is 5.91 Å². The second-order valence-corrected chi connectivity index (χ2v) is 7.03. The number of hydrogen-bond acceptors (Lipinski definition) is 4. The Labute approximate surface area is 152 Å². The molecule has 0 aliphatic heterocycles. The summed E-state index contributed by atoms with van der Waals surface area (Å²) in [6.07, 6.45) is 0. The quantitative estimate of drug-likeness (QED) is 0.825. The van der Waals surface area contributed by atoms with Crippen LogP contribution in [0.4, 0.5) is 0 Å². The second-order valence-electron chi connectivity index (χ2n) is 6.25. The molecule has 2 aromatic rings. The zero-order valence-electron chi connectivity index (χ0n) is 15.0. The molecular weight excluding hydrogens is 336 g/mol. The van der Waals surface area contributed by atoms with Crippen LogP contribution in [-0.4, -0.2) is 36.9 Å². The van der Waals surface area contributed by atoms with Crippen LogP contribution in [0.3, 0.4) is 0 Å². The first-order valence-electron chi connectivity index (χ1n) is 8.13. The number of carbonyl (C=O) groups is 2. The molecule has 1 aromatic heterocycles. The van der Waals surface area contributed by atoms with E-state index >= 15 is 0 Å². The smallest absolute Gasteiger partial charge is 0.251 e. The number of rotatable bonds is 7. The zero-order valence-corrected chi connectivity index (χ0v) is 15.8. The van der Waals surface area contributed by atoms with Gasteiger partial charge in [-0.2, -0.15) is 11.3 Å². The number of benzene rings is 1. The third kappa shape index (κ3) is 5.06. The van der Waals surface area contributed by atoms with E-state index in [1.165, 1.54) is 0 Å². The standard InChI is InChI=1S/C19H24N2O3S/c1-13(2)17(19(23)21(3)11-14-9-10-25-12-14)20-18(22)15-5-7-16(24-4)8-6-15/h5-10,12-13,17H,11H2,1-4H3,(H,20,22)/t17-/m1/s1. The number of likely N-dealkylation sites (N-methyl/N-ethyl adjacent to an activating group) is 1. The van der Waals surface area contributed by atoms with Gasteiger partial charge < -0.3 is 15.0 Å². The normalized spacial score (nSPS) is 11.9. The van der Waals surface area contributed by atoms with Crippen molar-refractivity contribution in [2.75, 3.05) is 14.2 Å². The van der Waals surface area contributed by atoms with E-state index in [1.807, 2.05) is 30.7 Å². The Morgan fingerprint density at radius 3 is 2.40 bits per heavy atom. The SMILES string of the molecule is COc1ccc(C(=O)N[C@@H](C(=O)N(C)Cc2ccsc2)C(C)C)cc1. The van der Waals surface area contributed by atoms with Crippen LogP contribution in [0.2, 0.25) is 0 Å². The average Bonchev–Trinajstić information content (AvgIpc) is 3.11. The van der Waals surface area contributed by atoms with Crippen LogP contribution in [0.1, 0.15) is 29.8 Å². The zero-order chi connectivity index (χ0) is 18.4. The van der Waals surface area contributed by atoms with Gasteiger partial charge in [-0.3, -0.25) is 9.59 Å². The Hall–Kier alpha value is -2.34. The van der Waals surface area contributed by atoms with Crippen molar-refractivity contribution in [3.05, 3.63) is 52.2 Å². The lowest BCUT2D eigenvalue weighted by Crippen LogP contribution is -2.50. The summed E-state index contributed by atoms with van der Waals surface area (Å²) >= 11 is 1.60. The van der Waals surface area contributed by atoms with Crippen LogP contribution in [0.15, 0.2) is 41.1 Å². The summed E-state index contributed by atoms with van der Waals surface area (Å²) in [7, 11) is 3.33. The van der Waals surface area contributed by atoms with Gasteiger partial charge in [0.05, 0.1) is 7.11 Å². The number of ether oxygens (including phenoxy) is 1. The Balaban J connectivity index is 2.05. The molecule has 134 valence electrons. The molecule has 5 nitrogen and oxygen atoms in total. The predicted octanol–water partition coefficient (Wildman–Crippen LogP) is 3.17. The first kappa shape index (κ1) is 19.0. The van der Waals surface area contributed by atoms with E-state index in [9.17, 15) is 9.59 Å². The van der Waals surface area contributed by atoms with E-state index < -0.39 is 6.04 Å². The summed E-state index contributed by atoms with van der Waals surface area (Å²) in [5.74, 6) is 0.310.